The molecular formula is C9H18N2S. The summed E-state index contributed by atoms with van der Waals surface area (Å²) in [5.74, 6) is 0.902. The molecule has 0 heterocycles. The Morgan fingerprint density at radius 1 is 1.50 bits per heavy atom. The summed E-state index contributed by atoms with van der Waals surface area (Å²) in [6.45, 7) is 7.27. The number of nitriles is 1. The zero-order chi connectivity index (χ0) is 9.40. The van der Waals surface area contributed by atoms with Crippen molar-refractivity contribution in [3.63, 3.8) is 0 Å². The number of nitrogens with zero attached hydrogens (tertiary/aromatic N) is 1. The molecule has 0 aliphatic rings. The lowest BCUT2D eigenvalue weighted by molar-refractivity contribution is 0.676. The Morgan fingerprint density at radius 3 is 2.58 bits per heavy atom. The highest BCUT2D eigenvalue weighted by Crippen LogP contribution is 2.14. The maximum Gasteiger partial charge on any atom is 0.104 e. The average Bonchev–Trinajstić information content (AvgIpc) is 2.11. The van der Waals surface area contributed by atoms with E-state index in [0.29, 0.717) is 5.25 Å². The Morgan fingerprint density at radius 2 is 2.17 bits per heavy atom. The molecule has 0 aliphatic carbocycles. The molecule has 2 atom stereocenters. The molecule has 3 heteroatoms. The van der Waals surface area contributed by atoms with Crippen molar-refractivity contribution in [2.24, 2.45) is 0 Å². The van der Waals surface area contributed by atoms with Gasteiger partial charge >= 0.3 is 0 Å². The molecule has 0 saturated heterocycles. The van der Waals surface area contributed by atoms with Crippen LogP contribution in [0.1, 0.15) is 27.2 Å². The van der Waals surface area contributed by atoms with Gasteiger partial charge in [0.25, 0.3) is 0 Å². The van der Waals surface area contributed by atoms with Gasteiger partial charge in [-0.1, -0.05) is 20.8 Å². The van der Waals surface area contributed by atoms with Gasteiger partial charge in [-0.25, -0.2) is 0 Å². The lowest BCUT2D eigenvalue weighted by atomic mass is 10.4. The van der Waals surface area contributed by atoms with Crippen LogP contribution in [-0.4, -0.2) is 23.6 Å². The van der Waals surface area contributed by atoms with E-state index in [1.807, 2.05) is 18.7 Å². The third-order valence-corrected chi connectivity index (χ3v) is 3.16. The second-order valence-corrected chi connectivity index (χ2v) is 4.26. The summed E-state index contributed by atoms with van der Waals surface area (Å²) in [5.41, 5.74) is 0. The van der Waals surface area contributed by atoms with Crippen LogP contribution >= 0.6 is 11.8 Å². The van der Waals surface area contributed by atoms with Crippen molar-refractivity contribution in [1.29, 1.82) is 5.26 Å². The van der Waals surface area contributed by atoms with Crippen LogP contribution in [0.3, 0.4) is 0 Å². The molecule has 70 valence electrons. The molecule has 12 heavy (non-hydrogen) atoms. The molecule has 0 fully saturated rings. The lowest BCUT2D eigenvalue weighted by Crippen LogP contribution is -2.29. The SMILES string of the molecule is CCNC(C#N)CSC(C)CC. The Bertz CT molecular complexity index is 142. The first kappa shape index (κ1) is 11.8. The summed E-state index contributed by atoms with van der Waals surface area (Å²) >= 11 is 1.86. The number of nitrogens with one attached hydrogen (secondary N) is 1. The van der Waals surface area contributed by atoms with Crippen molar-refractivity contribution in [2.75, 3.05) is 12.3 Å². The van der Waals surface area contributed by atoms with Gasteiger partial charge in [0, 0.05) is 11.0 Å². The largest absolute Gasteiger partial charge is 0.302 e. The monoisotopic (exact) mass is 186 g/mol. The Hall–Kier alpha value is -0.200. The zero-order valence-electron chi connectivity index (χ0n) is 8.13. The van der Waals surface area contributed by atoms with Crippen molar-refractivity contribution >= 4 is 11.8 Å². The molecule has 2 unspecified atom stereocenters. The van der Waals surface area contributed by atoms with Crippen LogP contribution in [0.15, 0.2) is 0 Å². The van der Waals surface area contributed by atoms with Gasteiger partial charge in [0.2, 0.25) is 0 Å². The predicted molar refractivity (Wildman–Crippen MR) is 55.3 cm³/mol. The molecule has 0 radical (unpaired) electrons. The van der Waals surface area contributed by atoms with E-state index in [0.717, 1.165) is 12.3 Å². The van der Waals surface area contributed by atoms with Crippen molar-refractivity contribution < 1.29 is 0 Å². The highest BCUT2D eigenvalue weighted by atomic mass is 32.2. The highest BCUT2D eigenvalue weighted by molar-refractivity contribution is 7.99. The summed E-state index contributed by atoms with van der Waals surface area (Å²) in [6, 6.07) is 2.27. The fraction of sp³-hybridized carbons (Fsp3) is 0.889. The van der Waals surface area contributed by atoms with Crippen LogP contribution in [0.4, 0.5) is 0 Å². The average molecular weight is 186 g/mol. The molecule has 0 saturated carbocycles. The van der Waals surface area contributed by atoms with Gasteiger partial charge in [-0.3, -0.25) is 0 Å². The summed E-state index contributed by atoms with van der Waals surface area (Å²) in [6.07, 6.45) is 1.18. The minimum atomic E-state index is 0.0222. The van der Waals surface area contributed by atoms with E-state index in [1.165, 1.54) is 6.42 Å². The normalized spacial score (nSPS) is 15.2. The molecule has 1 N–H and O–H groups in total. The third kappa shape index (κ3) is 5.45. The molecule has 0 aromatic rings. The lowest BCUT2D eigenvalue weighted by Gasteiger charge is -2.12. The van der Waals surface area contributed by atoms with Crippen molar-refractivity contribution in [3.05, 3.63) is 0 Å². The van der Waals surface area contributed by atoms with Gasteiger partial charge in [0.05, 0.1) is 6.07 Å². The molecule has 0 aromatic carbocycles. The molecule has 0 aliphatic heterocycles. The molecule has 2 nitrogen and oxygen atoms in total. The first-order chi connectivity index (χ1) is 5.74. The van der Waals surface area contributed by atoms with Crippen LogP contribution in [0.2, 0.25) is 0 Å². The van der Waals surface area contributed by atoms with Gasteiger partial charge in [-0.2, -0.15) is 17.0 Å². The van der Waals surface area contributed by atoms with E-state index in [4.69, 9.17) is 5.26 Å². The summed E-state index contributed by atoms with van der Waals surface area (Å²) in [5, 5.41) is 12.5. The first-order valence-corrected chi connectivity index (χ1v) is 5.54. The van der Waals surface area contributed by atoms with Gasteiger partial charge in [0.15, 0.2) is 0 Å². The first-order valence-electron chi connectivity index (χ1n) is 4.49. The number of thioether (sulfide) groups is 1. The Kier molecular flexibility index (Phi) is 7.33. The van der Waals surface area contributed by atoms with Crippen LogP contribution in [-0.2, 0) is 0 Å². The fourth-order valence-electron chi connectivity index (χ4n) is 0.767. The van der Waals surface area contributed by atoms with E-state index in [-0.39, 0.29) is 6.04 Å². The quantitative estimate of drug-likeness (QED) is 0.689. The maximum atomic E-state index is 8.72. The maximum absolute atomic E-state index is 8.72. The summed E-state index contributed by atoms with van der Waals surface area (Å²) < 4.78 is 0. The van der Waals surface area contributed by atoms with E-state index < -0.39 is 0 Å². The van der Waals surface area contributed by atoms with Gasteiger partial charge < -0.3 is 5.32 Å². The van der Waals surface area contributed by atoms with Gasteiger partial charge in [0.1, 0.15) is 6.04 Å². The van der Waals surface area contributed by atoms with Crippen LogP contribution in [0.25, 0.3) is 0 Å². The second kappa shape index (κ2) is 7.45. The minimum absolute atomic E-state index is 0.0222. The highest BCUT2D eigenvalue weighted by Gasteiger charge is 2.07. The Labute approximate surface area is 79.7 Å². The number of rotatable bonds is 6. The van der Waals surface area contributed by atoms with Gasteiger partial charge in [-0.05, 0) is 13.0 Å². The van der Waals surface area contributed by atoms with Crippen LogP contribution in [0.5, 0.6) is 0 Å². The van der Waals surface area contributed by atoms with Crippen molar-refractivity contribution in [2.45, 2.75) is 38.5 Å². The molecule has 0 aromatic heterocycles. The smallest absolute Gasteiger partial charge is 0.104 e. The third-order valence-electron chi connectivity index (χ3n) is 1.73. The number of hydrogen-bond donors (Lipinski definition) is 1. The molecular weight excluding hydrogens is 168 g/mol. The summed E-state index contributed by atoms with van der Waals surface area (Å²) in [4.78, 5) is 0. The molecule has 0 amide bonds. The topological polar surface area (TPSA) is 35.8 Å². The Balaban J connectivity index is 3.52. The van der Waals surface area contributed by atoms with E-state index in [1.54, 1.807) is 0 Å². The second-order valence-electron chi connectivity index (χ2n) is 2.79. The van der Waals surface area contributed by atoms with E-state index >= 15 is 0 Å². The van der Waals surface area contributed by atoms with E-state index in [2.05, 4.69) is 25.2 Å². The van der Waals surface area contributed by atoms with Crippen LogP contribution in [0, 0.1) is 11.3 Å². The molecule has 0 bridgehead atoms. The fourth-order valence-corrected chi connectivity index (χ4v) is 1.72. The van der Waals surface area contributed by atoms with Gasteiger partial charge in [-0.15, -0.1) is 0 Å². The standard InChI is InChI=1S/C9H18N2S/c1-4-8(3)12-7-9(6-10)11-5-2/h8-9,11H,4-5,7H2,1-3H3. The zero-order valence-corrected chi connectivity index (χ0v) is 8.95. The van der Waals surface area contributed by atoms with Crippen molar-refractivity contribution in [3.8, 4) is 6.07 Å². The summed E-state index contributed by atoms with van der Waals surface area (Å²) in [7, 11) is 0. The molecule has 0 spiro atoms. The predicted octanol–water partition coefficient (Wildman–Crippen LogP) is 2.02. The van der Waals surface area contributed by atoms with Crippen molar-refractivity contribution in [1.82, 2.24) is 5.32 Å². The van der Waals surface area contributed by atoms with Crippen LogP contribution < -0.4 is 5.32 Å². The molecule has 0 rings (SSSR count). The number of hydrogen-bond acceptors (Lipinski definition) is 3. The van der Waals surface area contributed by atoms with E-state index in [9.17, 15) is 0 Å². The minimum Gasteiger partial charge on any atom is -0.302 e.